The molecule has 26 heavy (non-hydrogen) atoms. The van der Waals surface area contributed by atoms with E-state index >= 15 is 0 Å². The van der Waals surface area contributed by atoms with Gasteiger partial charge in [-0.25, -0.2) is 4.79 Å². The second-order valence-corrected chi connectivity index (χ2v) is 6.93. The Kier molecular flexibility index (Phi) is 5.58. The number of benzene rings is 2. The lowest BCUT2D eigenvalue weighted by atomic mass is 10.1. The Hall–Kier alpha value is -2.80. The average Bonchev–Trinajstić information content (AvgIpc) is 3.01. The Morgan fingerprint density at radius 3 is 2.69 bits per heavy atom. The number of carbonyl (C=O) groups is 1. The minimum absolute atomic E-state index is 0.0858. The number of hydrogen-bond acceptors (Lipinski definition) is 4. The first-order chi connectivity index (χ1) is 12.6. The fourth-order valence-corrected chi connectivity index (χ4v) is 3.39. The van der Waals surface area contributed by atoms with Crippen molar-refractivity contribution in [3.05, 3.63) is 70.1 Å². The molecule has 0 saturated carbocycles. The number of aromatic amines is 1. The molecule has 6 nitrogen and oxygen atoms in total. The number of para-hydroxylation sites is 1. The molecule has 134 valence electrons. The number of hydrogen-bond donors (Lipinski definition) is 2. The van der Waals surface area contributed by atoms with Crippen molar-refractivity contribution in [1.82, 2.24) is 5.27 Å². The fraction of sp³-hybridized carbons (Fsp3) is 0.211. The first-order valence-corrected chi connectivity index (χ1v) is 9.22. The van der Waals surface area contributed by atoms with Crippen LogP contribution in [0.1, 0.15) is 17.5 Å². The second kappa shape index (κ2) is 8.05. The number of carbonyl (C=O) groups excluding carboxylic acids is 1. The first-order valence-electron chi connectivity index (χ1n) is 8.24. The SMILES string of the molecule is Cc1cccc(NC(=O)CCSc2c(=O)o[nH][n+]2-c2ccccc2)c1C. The molecule has 3 aromatic rings. The zero-order valence-corrected chi connectivity index (χ0v) is 15.4. The molecule has 0 spiro atoms. The first kappa shape index (κ1) is 18.0. The van der Waals surface area contributed by atoms with Crippen molar-refractivity contribution in [2.75, 3.05) is 11.1 Å². The highest BCUT2D eigenvalue weighted by atomic mass is 32.2. The molecule has 0 radical (unpaired) electrons. The lowest BCUT2D eigenvalue weighted by Gasteiger charge is -2.09. The molecule has 0 bridgehead atoms. The van der Waals surface area contributed by atoms with Gasteiger partial charge in [0.15, 0.2) is 0 Å². The molecule has 0 unspecified atom stereocenters. The smallest absolute Gasteiger partial charge is 0.326 e. The van der Waals surface area contributed by atoms with Crippen LogP contribution in [0.25, 0.3) is 5.69 Å². The van der Waals surface area contributed by atoms with E-state index in [-0.39, 0.29) is 12.3 Å². The summed E-state index contributed by atoms with van der Waals surface area (Å²) in [5, 5.41) is 5.93. The number of thioether (sulfide) groups is 1. The summed E-state index contributed by atoms with van der Waals surface area (Å²) in [5.74, 6) is 0.379. The highest BCUT2D eigenvalue weighted by Gasteiger charge is 2.23. The minimum Gasteiger partial charge on any atom is -0.326 e. The van der Waals surface area contributed by atoms with E-state index in [9.17, 15) is 9.59 Å². The molecule has 0 saturated heterocycles. The summed E-state index contributed by atoms with van der Waals surface area (Å²) < 4.78 is 6.47. The maximum absolute atomic E-state index is 12.2. The Balaban J connectivity index is 1.62. The van der Waals surface area contributed by atoms with Gasteiger partial charge < -0.3 is 5.32 Å². The van der Waals surface area contributed by atoms with Crippen LogP contribution in [0.3, 0.4) is 0 Å². The molecule has 0 aliphatic heterocycles. The molecular weight excluding hydrogens is 350 g/mol. The summed E-state index contributed by atoms with van der Waals surface area (Å²) in [7, 11) is 0. The second-order valence-electron chi connectivity index (χ2n) is 5.85. The van der Waals surface area contributed by atoms with Gasteiger partial charge in [-0.05, 0) is 52.8 Å². The summed E-state index contributed by atoms with van der Waals surface area (Å²) in [6.07, 6.45) is 0.289. The maximum atomic E-state index is 12.2. The van der Waals surface area contributed by atoms with Crippen LogP contribution in [0.2, 0.25) is 0 Å². The summed E-state index contributed by atoms with van der Waals surface area (Å²) >= 11 is 1.29. The third-order valence-corrected chi connectivity index (χ3v) is 5.10. The van der Waals surface area contributed by atoms with Crippen molar-refractivity contribution < 1.29 is 14.0 Å². The quantitative estimate of drug-likeness (QED) is 0.516. The van der Waals surface area contributed by atoms with Crippen LogP contribution in [-0.4, -0.2) is 16.9 Å². The number of nitrogens with zero attached hydrogens (tertiary/aromatic N) is 1. The van der Waals surface area contributed by atoms with E-state index in [1.165, 1.54) is 11.8 Å². The van der Waals surface area contributed by atoms with Crippen LogP contribution < -0.4 is 15.6 Å². The topological polar surface area (TPSA) is 79.0 Å². The molecule has 3 rings (SSSR count). The third kappa shape index (κ3) is 4.05. The molecule has 0 aliphatic rings. The summed E-state index contributed by atoms with van der Waals surface area (Å²) in [6.45, 7) is 3.99. The Morgan fingerprint density at radius 1 is 1.15 bits per heavy atom. The van der Waals surface area contributed by atoms with Gasteiger partial charge in [0.2, 0.25) is 11.6 Å². The predicted octanol–water partition coefficient (Wildman–Crippen LogP) is 2.98. The predicted molar refractivity (Wildman–Crippen MR) is 101 cm³/mol. The summed E-state index contributed by atoms with van der Waals surface area (Å²) in [4.78, 5) is 24.1. The van der Waals surface area contributed by atoms with Gasteiger partial charge in [-0.3, -0.25) is 9.32 Å². The van der Waals surface area contributed by atoms with E-state index in [1.807, 2.05) is 62.4 Å². The highest BCUT2D eigenvalue weighted by Crippen LogP contribution is 2.19. The fourth-order valence-electron chi connectivity index (χ4n) is 2.47. The van der Waals surface area contributed by atoms with Crippen LogP contribution >= 0.6 is 11.8 Å². The van der Waals surface area contributed by atoms with E-state index in [2.05, 4.69) is 10.6 Å². The number of rotatable bonds is 6. The Bertz CT molecular complexity index is 964. The average molecular weight is 370 g/mol. The number of amides is 1. The van der Waals surface area contributed by atoms with E-state index in [1.54, 1.807) is 4.68 Å². The van der Waals surface area contributed by atoms with Gasteiger partial charge in [0.05, 0.1) is 0 Å². The maximum Gasteiger partial charge on any atom is 0.442 e. The van der Waals surface area contributed by atoms with Crippen molar-refractivity contribution >= 4 is 23.4 Å². The van der Waals surface area contributed by atoms with Crippen LogP contribution in [-0.2, 0) is 4.79 Å². The van der Waals surface area contributed by atoms with Gasteiger partial charge in [0.25, 0.3) is 0 Å². The molecule has 1 aromatic heterocycles. The minimum atomic E-state index is -0.450. The molecule has 0 fully saturated rings. The normalized spacial score (nSPS) is 10.7. The third-order valence-electron chi connectivity index (χ3n) is 4.07. The molecule has 0 aliphatic carbocycles. The van der Waals surface area contributed by atoms with Gasteiger partial charge >= 0.3 is 10.7 Å². The van der Waals surface area contributed by atoms with Gasteiger partial charge in [0, 0.05) is 30.0 Å². The van der Waals surface area contributed by atoms with Crippen molar-refractivity contribution in [3.63, 3.8) is 0 Å². The van der Waals surface area contributed by atoms with Crippen LogP contribution in [0, 0.1) is 13.8 Å². The van der Waals surface area contributed by atoms with Gasteiger partial charge in [-0.2, -0.15) is 0 Å². The number of aromatic nitrogens is 2. The number of aryl methyl sites for hydroxylation is 1. The Labute approximate surface area is 155 Å². The summed E-state index contributed by atoms with van der Waals surface area (Å²) in [6, 6.07) is 15.2. The number of nitrogens with one attached hydrogen (secondary N) is 2. The van der Waals surface area contributed by atoms with Gasteiger partial charge in [0.1, 0.15) is 0 Å². The zero-order valence-electron chi connectivity index (χ0n) is 14.6. The van der Waals surface area contributed by atoms with Crippen LogP contribution in [0.5, 0.6) is 0 Å². The van der Waals surface area contributed by atoms with Crippen molar-refractivity contribution in [3.8, 4) is 5.69 Å². The van der Waals surface area contributed by atoms with Crippen molar-refractivity contribution in [1.29, 1.82) is 0 Å². The lowest BCUT2D eigenvalue weighted by Crippen LogP contribution is -2.36. The molecule has 2 N–H and O–H groups in total. The largest absolute Gasteiger partial charge is 0.442 e. The molecule has 7 heteroatoms. The Morgan fingerprint density at radius 2 is 1.92 bits per heavy atom. The van der Waals surface area contributed by atoms with Crippen molar-refractivity contribution in [2.24, 2.45) is 0 Å². The number of H-pyrrole nitrogens is 1. The lowest BCUT2D eigenvalue weighted by molar-refractivity contribution is -0.704. The van der Waals surface area contributed by atoms with Crippen LogP contribution in [0.4, 0.5) is 5.69 Å². The van der Waals surface area contributed by atoms with Gasteiger partial charge in [-0.15, -0.1) is 0 Å². The van der Waals surface area contributed by atoms with Crippen LogP contribution in [0.15, 0.2) is 62.9 Å². The van der Waals surface area contributed by atoms with Gasteiger partial charge in [-0.1, -0.05) is 30.3 Å². The van der Waals surface area contributed by atoms with E-state index < -0.39 is 5.63 Å². The molecule has 0 atom stereocenters. The molecule has 2 aromatic carbocycles. The highest BCUT2D eigenvalue weighted by molar-refractivity contribution is 7.99. The van der Waals surface area contributed by atoms with E-state index in [0.29, 0.717) is 10.8 Å². The van der Waals surface area contributed by atoms with Crippen molar-refractivity contribution in [2.45, 2.75) is 25.3 Å². The molecular formula is C19H20N3O3S+. The number of anilines is 1. The van der Waals surface area contributed by atoms with E-state index in [4.69, 9.17) is 4.52 Å². The molecule has 1 amide bonds. The monoisotopic (exact) mass is 370 g/mol. The summed E-state index contributed by atoms with van der Waals surface area (Å²) in [5.41, 5.74) is 3.35. The standard InChI is InChI=1S/C19H19N3O3S/c1-13-7-6-10-16(14(13)2)20-17(23)11-12-26-18-19(24)25-21-22(18)15-8-4-3-5-9-15/h3-10H,11-12H2,1-2H3,(H-,20,21,23,24)/p+1. The molecule has 1 heterocycles. The zero-order chi connectivity index (χ0) is 18.5. The van der Waals surface area contributed by atoms with E-state index in [0.717, 1.165) is 22.5 Å².